The van der Waals surface area contributed by atoms with E-state index in [0.717, 1.165) is 17.0 Å². The fraction of sp³-hybridized carbons (Fsp3) is 0.312. The molecule has 0 amide bonds. The first-order valence-corrected chi connectivity index (χ1v) is 7.56. The summed E-state index contributed by atoms with van der Waals surface area (Å²) < 4.78 is 6.91. The molecule has 2 heterocycles. The van der Waals surface area contributed by atoms with E-state index in [9.17, 15) is 0 Å². The van der Waals surface area contributed by atoms with Gasteiger partial charge in [0.05, 0.1) is 0 Å². The molecule has 0 spiro atoms. The molecule has 4 heteroatoms. The van der Waals surface area contributed by atoms with Gasteiger partial charge >= 0.3 is 0 Å². The van der Waals surface area contributed by atoms with Gasteiger partial charge in [-0.15, -0.1) is 11.3 Å². The van der Waals surface area contributed by atoms with E-state index < -0.39 is 0 Å². The van der Waals surface area contributed by atoms with Crippen LogP contribution in [0.5, 0.6) is 0 Å². The number of nitrogens with zero attached hydrogens (tertiary/aromatic N) is 1. The van der Waals surface area contributed by atoms with Gasteiger partial charge in [0.25, 0.3) is 0 Å². The van der Waals surface area contributed by atoms with Crippen LogP contribution in [-0.4, -0.2) is 10.5 Å². The summed E-state index contributed by atoms with van der Waals surface area (Å²) in [5.41, 5.74) is 2.16. The summed E-state index contributed by atoms with van der Waals surface area (Å²) in [5.74, 6) is 0.874. The number of thiophene rings is 1. The minimum absolute atomic E-state index is 0.0624. The molecule has 0 atom stereocenters. The van der Waals surface area contributed by atoms with Crippen molar-refractivity contribution in [3.63, 3.8) is 0 Å². The van der Waals surface area contributed by atoms with Crippen LogP contribution in [0.25, 0.3) is 21.4 Å². The second-order valence-corrected chi connectivity index (χ2v) is 6.79. The van der Waals surface area contributed by atoms with Crippen LogP contribution in [0.1, 0.15) is 26.5 Å². The Labute approximate surface area is 122 Å². The number of aromatic nitrogens is 1. The summed E-state index contributed by atoms with van der Waals surface area (Å²) in [6, 6.07) is 8.38. The van der Waals surface area contributed by atoms with Crippen molar-refractivity contribution in [2.45, 2.75) is 32.9 Å². The Hall–Kier alpha value is -1.65. The highest BCUT2D eigenvalue weighted by Crippen LogP contribution is 2.35. The summed E-state index contributed by atoms with van der Waals surface area (Å²) in [6.45, 7) is 7.14. The Kier molecular flexibility index (Phi) is 3.36. The zero-order valence-electron chi connectivity index (χ0n) is 11.9. The monoisotopic (exact) mass is 286 g/mol. The van der Waals surface area contributed by atoms with Gasteiger partial charge < -0.3 is 9.73 Å². The third kappa shape index (κ3) is 2.62. The van der Waals surface area contributed by atoms with Crippen LogP contribution in [0.4, 0.5) is 0 Å². The molecule has 3 nitrogen and oxygen atoms in total. The molecular formula is C16H18N2OS. The maximum absolute atomic E-state index is 5.64. The predicted octanol–water partition coefficient (Wildman–Crippen LogP) is 4.44. The van der Waals surface area contributed by atoms with Crippen LogP contribution in [0.15, 0.2) is 40.5 Å². The second-order valence-electron chi connectivity index (χ2n) is 5.88. The minimum atomic E-state index is 0.0624. The van der Waals surface area contributed by atoms with Crippen molar-refractivity contribution >= 4 is 21.4 Å². The van der Waals surface area contributed by atoms with E-state index in [1.807, 2.05) is 0 Å². The SMILES string of the molecule is CC(C)(C)NCc1ncoc1-c1csc2ccccc12. The molecule has 3 aromatic rings. The van der Waals surface area contributed by atoms with Crippen molar-refractivity contribution in [3.8, 4) is 11.3 Å². The van der Waals surface area contributed by atoms with Gasteiger partial charge in [0.1, 0.15) is 5.69 Å². The lowest BCUT2D eigenvalue weighted by molar-refractivity contribution is 0.421. The topological polar surface area (TPSA) is 38.1 Å². The normalized spacial score (nSPS) is 12.2. The molecule has 20 heavy (non-hydrogen) atoms. The average molecular weight is 286 g/mol. The minimum Gasteiger partial charge on any atom is -0.443 e. The first-order chi connectivity index (χ1) is 9.54. The molecule has 0 aliphatic carbocycles. The van der Waals surface area contributed by atoms with Crippen molar-refractivity contribution in [2.24, 2.45) is 0 Å². The van der Waals surface area contributed by atoms with Gasteiger partial charge in [0.2, 0.25) is 0 Å². The Morgan fingerprint density at radius 1 is 1.25 bits per heavy atom. The highest BCUT2D eigenvalue weighted by Gasteiger charge is 2.17. The molecule has 2 aromatic heterocycles. The smallest absolute Gasteiger partial charge is 0.181 e. The molecule has 0 aliphatic heterocycles. The Bertz CT molecular complexity index is 721. The summed E-state index contributed by atoms with van der Waals surface area (Å²) >= 11 is 1.74. The summed E-state index contributed by atoms with van der Waals surface area (Å²) in [5, 5.41) is 6.83. The van der Waals surface area contributed by atoms with Crippen LogP contribution in [0.2, 0.25) is 0 Å². The van der Waals surface area contributed by atoms with Gasteiger partial charge in [-0.2, -0.15) is 0 Å². The average Bonchev–Trinajstić information content (AvgIpc) is 3.01. The molecule has 0 saturated carbocycles. The zero-order valence-corrected chi connectivity index (χ0v) is 12.8. The number of hydrogen-bond donors (Lipinski definition) is 1. The lowest BCUT2D eigenvalue weighted by Gasteiger charge is -2.19. The standard InChI is InChI=1S/C16H18N2OS/c1-16(2,3)18-8-13-15(19-10-17-13)12-9-20-14-7-5-4-6-11(12)14/h4-7,9-10,18H,8H2,1-3H3. The lowest BCUT2D eigenvalue weighted by Crippen LogP contribution is -2.35. The van der Waals surface area contributed by atoms with Crippen molar-refractivity contribution in [1.29, 1.82) is 0 Å². The quantitative estimate of drug-likeness (QED) is 0.773. The van der Waals surface area contributed by atoms with Crippen molar-refractivity contribution in [2.75, 3.05) is 0 Å². The number of hydrogen-bond acceptors (Lipinski definition) is 4. The lowest BCUT2D eigenvalue weighted by atomic mass is 10.1. The number of benzene rings is 1. The van der Waals surface area contributed by atoms with Crippen molar-refractivity contribution in [1.82, 2.24) is 10.3 Å². The van der Waals surface area contributed by atoms with Crippen LogP contribution >= 0.6 is 11.3 Å². The molecule has 0 saturated heterocycles. The third-order valence-corrected chi connectivity index (χ3v) is 4.12. The van der Waals surface area contributed by atoms with Crippen LogP contribution < -0.4 is 5.32 Å². The third-order valence-electron chi connectivity index (χ3n) is 3.15. The highest BCUT2D eigenvalue weighted by atomic mass is 32.1. The number of oxazole rings is 1. The van der Waals surface area contributed by atoms with Gasteiger partial charge in [0.15, 0.2) is 12.2 Å². The first kappa shape index (κ1) is 13.3. The van der Waals surface area contributed by atoms with Gasteiger partial charge in [-0.1, -0.05) is 18.2 Å². The fourth-order valence-electron chi connectivity index (χ4n) is 2.12. The van der Waals surface area contributed by atoms with Crippen LogP contribution in [0.3, 0.4) is 0 Å². The molecule has 0 aliphatic rings. The van der Waals surface area contributed by atoms with E-state index in [2.05, 4.69) is 60.7 Å². The molecule has 1 aromatic carbocycles. The van der Waals surface area contributed by atoms with Gasteiger partial charge in [-0.3, -0.25) is 0 Å². The Morgan fingerprint density at radius 3 is 2.85 bits per heavy atom. The molecule has 0 bridgehead atoms. The zero-order chi connectivity index (χ0) is 14.2. The molecule has 0 radical (unpaired) electrons. The Balaban J connectivity index is 1.97. The van der Waals surface area contributed by atoms with Crippen molar-refractivity contribution < 1.29 is 4.42 Å². The number of fused-ring (bicyclic) bond motifs is 1. The fourth-order valence-corrected chi connectivity index (χ4v) is 3.06. The van der Waals surface area contributed by atoms with Gasteiger partial charge in [-0.05, 0) is 26.8 Å². The van der Waals surface area contributed by atoms with E-state index in [1.54, 1.807) is 11.3 Å². The van der Waals surface area contributed by atoms with Crippen LogP contribution in [0, 0.1) is 0 Å². The predicted molar refractivity (Wildman–Crippen MR) is 83.9 cm³/mol. The Morgan fingerprint density at radius 2 is 2.05 bits per heavy atom. The number of rotatable bonds is 3. The summed E-state index contributed by atoms with van der Waals surface area (Å²) in [4.78, 5) is 4.36. The molecular weight excluding hydrogens is 268 g/mol. The second kappa shape index (κ2) is 5.04. The molecule has 0 fully saturated rings. The molecule has 1 N–H and O–H groups in total. The van der Waals surface area contributed by atoms with E-state index in [-0.39, 0.29) is 5.54 Å². The maximum Gasteiger partial charge on any atom is 0.181 e. The molecule has 0 unspecified atom stereocenters. The van der Waals surface area contributed by atoms with E-state index >= 15 is 0 Å². The maximum atomic E-state index is 5.64. The number of nitrogens with one attached hydrogen (secondary N) is 1. The summed E-state index contributed by atoms with van der Waals surface area (Å²) in [7, 11) is 0. The van der Waals surface area contributed by atoms with Crippen molar-refractivity contribution in [3.05, 3.63) is 41.7 Å². The largest absolute Gasteiger partial charge is 0.443 e. The van der Waals surface area contributed by atoms with E-state index in [1.165, 1.54) is 16.5 Å². The van der Waals surface area contributed by atoms with Gasteiger partial charge in [-0.25, -0.2) is 4.98 Å². The first-order valence-electron chi connectivity index (χ1n) is 6.68. The molecule has 104 valence electrons. The van der Waals surface area contributed by atoms with Crippen LogP contribution in [-0.2, 0) is 6.54 Å². The van der Waals surface area contributed by atoms with Gasteiger partial charge in [0, 0.05) is 33.1 Å². The highest BCUT2D eigenvalue weighted by molar-refractivity contribution is 7.17. The van der Waals surface area contributed by atoms with E-state index in [4.69, 9.17) is 4.42 Å². The molecule has 3 rings (SSSR count). The van der Waals surface area contributed by atoms with E-state index in [0.29, 0.717) is 6.54 Å². The summed E-state index contributed by atoms with van der Waals surface area (Å²) in [6.07, 6.45) is 1.53.